The van der Waals surface area contributed by atoms with Crippen molar-refractivity contribution in [1.29, 1.82) is 0 Å². The van der Waals surface area contributed by atoms with Crippen molar-refractivity contribution in [2.24, 2.45) is 0 Å². The highest BCUT2D eigenvalue weighted by molar-refractivity contribution is 7.99. The van der Waals surface area contributed by atoms with E-state index in [0.29, 0.717) is 11.2 Å². The fourth-order valence-corrected chi connectivity index (χ4v) is 3.20. The molecule has 17 heavy (non-hydrogen) atoms. The molecule has 0 aliphatic heterocycles. The van der Waals surface area contributed by atoms with Crippen molar-refractivity contribution >= 4 is 34.9 Å². The third-order valence-electron chi connectivity index (χ3n) is 3.11. The minimum atomic E-state index is 0.462. The summed E-state index contributed by atoms with van der Waals surface area (Å²) in [6, 6.07) is 0.491. The smallest absolute Gasteiger partial charge is 0.157 e. The van der Waals surface area contributed by atoms with Crippen LogP contribution in [0.4, 0.5) is 11.5 Å². The number of hydrogen-bond acceptors (Lipinski definition) is 5. The van der Waals surface area contributed by atoms with Crippen molar-refractivity contribution in [2.75, 3.05) is 23.9 Å². The molecular weight excluding hydrogens is 256 g/mol. The predicted octanol–water partition coefficient (Wildman–Crippen LogP) is 2.87. The van der Waals surface area contributed by atoms with Crippen LogP contribution in [-0.4, -0.2) is 34.6 Å². The first kappa shape index (κ1) is 12.8. The van der Waals surface area contributed by atoms with Gasteiger partial charge in [-0.05, 0) is 25.5 Å². The Balaban J connectivity index is 2.06. The van der Waals surface area contributed by atoms with Crippen molar-refractivity contribution in [1.82, 2.24) is 9.97 Å². The average molecular weight is 273 g/mol. The van der Waals surface area contributed by atoms with E-state index in [2.05, 4.69) is 26.9 Å². The van der Waals surface area contributed by atoms with Crippen LogP contribution in [0.1, 0.15) is 19.3 Å². The van der Waals surface area contributed by atoms with Gasteiger partial charge >= 0.3 is 0 Å². The van der Waals surface area contributed by atoms with Gasteiger partial charge in [0.25, 0.3) is 0 Å². The Kier molecular flexibility index (Phi) is 4.34. The Morgan fingerprint density at radius 2 is 2.24 bits per heavy atom. The standard InChI is InChI=1S/C11H17ClN4S/c1-13-9-10(12)14-6-15-11(9)16-7-3-4-8(5-7)17-2/h6-8,13H,3-5H2,1-2H3,(H,14,15,16). The third kappa shape index (κ3) is 2.96. The van der Waals surface area contributed by atoms with Gasteiger partial charge in [0, 0.05) is 18.3 Å². The van der Waals surface area contributed by atoms with Gasteiger partial charge in [-0.15, -0.1) is 0 Å². The Morgan fingerprint density at radius 1 is 1.41 bits per heavy atom. The average Bonchev–Trinajstić information content (AvgIpc) is 2.77. The highest BCUT2D eigenvalue weighted by atomic mass is 35.5. The molecule has 0 radical (unpaired) electrons. The number of halogens is 1. The molecule has 0 aromatic carbocycles. The number of rotatable bonds is 4. The maximum Gasteiger partial charge on any atom is 0.157 e. The minimum absolute atomic E-state index is 0.462. The first-order valence-corrected chi connectivity index (χ1v) is 7.38. The SMILES string of the molecule is CNc1c(Cl)ncnc1NC1CCC(SC)C1. The molecule has 2 atom stereocenters. The Morgan fingerprint density at radius 3 is 2.88 bits per heavy atom. The van der Waals surface area contributed by atoms with E-state index in [1.54, 1.807) is 0 Å². The number of anilines is 2. The van der Waals surface area contributed by atoms with E-state index in [-0.39, 0.29) is 0 Å². The van der Waals surface area contributed by atoms with E-state index in [0.717, 1.165) is 16.8 Å². The van der Waals surface area contributed by atoms with Gasteiger partial charge in [-0.3, -0.25) is 0 Å². The summed E-state index contributed by atoms with van der Waals surface area (Å²) in [7, 11) is 1.83. The summed E-state index contributed by atoms with van der Waals surface area (Å²) in [5.41, 5.74) is 0.779. The Hall–Kier alpha value is -0.680. The molecule has 1 aromatic heterocycles. The zero-order valence-electron chi connectivity index (χ0n) is 10.0. The minimum Gasteiger partial charge on any atom is -0.383 e. The first-order valence-electron chi connectivity index (χ1n) is 5.72. The lowest BCUT2D eigenvalue weighted by Crippen LogP contribution is -2.18. The van der Waals surface area contributed by atoms with Crippen LogP contribution in [0.25, 0.3) is 0 Å². The zero-order valence-corrected chi connectivity index (χ0v) is 11.6. The van der Waals surface area contributed by atoms with Gasteiger partial charge in [0.1, 0.15) is 12.0 Å². The van der Waals surface area contributed by atoms with Gasteiger partial charge in [0.2, 0.25) is 0 Å². The summed E-state index contributed by atoms with van der Waals surface area (Å²) in [5, 5.41) is 7.72. The maximum atomic E-state index is 6.01. The normalized spacial score (nSPS) is 23.7. The van der Waals surface area contributed by atoms with Crippen LogP contribution < -0.4 is 10.6 Å². The summed E-state index contributed by atoms with van der Waals surface area (Å²) < 4.78 is 0. The van der Waals surface area contributed by atoms with Crippen LogP contribution in [0.5, 0.6) is 0 Å². The topological polar surface area (TPSA) is 49.8 Å². The van der Waals surface area contributed by atoms with Gasteiger partial charge in [0.05, 0.1) is 0 Å². The number of thioether (sulfide) groups is 1. The lowest BCUT2D eigenvalue weighted by atomic mass is 10.2. The lowest BCUT2D eigenvalue weighted by molar-refractivity contribution is 0.751. The molecule has 1 aromatic rings. The van der Waals surface area contributed by atoms with Crippen molar-refractivity contribution in [3.8, 4) is 0 Å². The summed E-state index contributed by atoms with van der Waals surface area (Å²) in [6.07, 6.45) is 7.31. The van der Waals surface area contributed by atoms with Gasteiger partial charge in [-0.25, -0.2) is 9.97 Å². The molecule has 94 valence electrons. The van der Waals surface area contributed by atoms with E-state index >= 15 is 0 Å². The summed E-state index contributed by atoms with van der Waals surface area (Å²) >= 11 is 7.96. The van der Waals surface area contributed by atoms with Crippen LogP contribution in [0.15, 0.2) is 6.33 Å². The second-order valence-electron chi connectivity index (χ2n) is 4.15. The quantitative estimate of drug-likeness (QED) is 0.826. The van der Waals surface area contributed by atoms with Gasteiger partial charge in [-0.2, -0.15) is 11.8 Å². The monoisotopic (exact) mass is 272 g/mol. The number of hydrogen-bond donors (Lipinski definition) is 2. The molecule has 2 unspecified atom stereocenters. The summed E-state index contributed by atoms with van der Waals surface area (Å²) in [6.45, 7) is 0. The molecule has 2 N–H and O–H groups in total. The molecule has 4 nitrogen and oxygen atoms in total. The Labute approximate surface area is 111 Å². The number of aromatic nitrogens is 2. The van der Waals surface area contributed by atoms with Crippen molar-refractivity contribution in [3.05, 3.63) is 11.5 Å². The Bertz CT molecular complexity index is 388. The molecular formula is C11H17ClN4S. The van der Waals surface area contributed by atoms with E-state index in [9.17, 15) is 0 Å². The molecule has 0 saturated heterocycles. The van der Waals surface area contributed by atoms with Crippen LogP contribution in [0, 0.1) is 0 Å². The summed E-state index contributed by atoms with van der Waals surface area (Å²) in [5.74, 6) is 0.805. The van der Waals surface area contributed by atoms with Crippen LogP contribution in [0.2, 0.25) is 5.15 Å². The highest BCUT2D eigenvalue weighted by Crippen LogP contribution is 2.32. The fraction of sp³-hybridized carbons (Fsp3) is 0.636. The molecule has 1 fully saturated rings. The molecule has 0 amide bonds. The highest BCUT2D eigenvalue weighted by Gasteiger charge is 2.24. The van der Waals surface area contributed by atoms with E-state index in [1.165, 1.54) is 25.6 Å². The van der Waals surface area contributed by atoms with Gasteiger partial charge in [0.15, 0.2) is 11.0 Å². The van der Waals surface area contributed by atoms with E-state index in [1.807, 2.05) is 18.8 Å². The van der Waals surface area contributed by atoms with Crippen molar-refractivity contribution in [2.45, 2.75) is 30.6 Å². The van der Waals surface area contributed by atoms with Crippen LogP contribution in [-0.2, 0) is 0 Å². The largest absolute Gasteiger partial charge is 0.383 e. The zero-order chi connectivity index (χ0) is 12.3. The van der Waals surface area contributed by atoms with Gasteiger partial charge < -0.3 is 10.6 Å². The third-order valence-corrected chi connectivity index (χ3v) is 4.49. The predicted molar refractivity (Wildman–Crippen MR) is 75.2 cm³/mol. The molecule has 2 rings (SSSR count). The molecule has 1 heterocycles. The van der Waals surface area contributed by atoms with Crippen LogP contribution in [0.3, 0.4) is 0 Å². The molecule has 1 saturated carbocycles. The number of nitrogens with zero attached hydrogens (tertiary/aromatic N) is 2. The first-order chi connectivity index (χ1) is 8.24. The summed E-state index contributed by atoms with van der Waals surface area (Å²) in [4.78, 5) is 8.21. The maximum absolute atomic E-state index is 6.01. The number of nitrogens with one attached hydrogen (secondary N) is 2. The van der Waals surface area contributed by atoms with Crippen molar-refractivity contribution < 1.29 is 0 Å². The molecule has 6 heteroatoms. The fourth-order valence-electron chi connectivity index (χ4n) is 2.17. The van der Waals surface area contributed by atoms with E-state index in [4.69, 9.17) is 11.6 Å². The second-order valence-corrected chi connectivity index (χ2v) is 5.65. The van der Waals surface area contributed by atoms with Gasteiger partial charge in [-0.1, -0.05) is 11.6 Å². The molecule has 1 aliphatic rings. The van der Waals surface area contributed by atoms with E-state index < -0.39 is 0 Å². The lowest BCUT2D eigenvalue weighted by Gasteiger charge is -2.16. The van der Waals surface area contributed by atoms with Crippen LogP contribution >= 0.6 is 23.4 Å². The molecule has 0 bridgehead atoms. The molecule has 1 aliphatic carbocycles. The second kappa shape index (κ2) is 5.78. The molecule has 0 spiro atoms. The van der Waals surface area contributed by atoms with Crippen molar-refractivity contribution in [3.63, 3.8) is 0 Å².